The van der Waals surface area contributed by atoms with Gasteiger partial charge in [0.2, 0.25) is 5.91 Å². The standard InChI is InChI=1S/C15H22N2O3/c1-4-20-15(19)13-7-5-12(6-8-13)9-17-14(18)10(2)11(3)16/h5-8,10-11H,4,9,16H2,1-3H3,(H,17,18). The molecule has 0 aliphatic carbocycles. The Morgan fingerprint density at radius 2 is 1.85 bits per heavy atom. The Labute approximate surface area is 119 Å². The fourth-order valence-electron chi connectivity index (χ4n) is 1.56. The molecule has 0 fully saturated rings. The van der Waals surface area contributed by atoms with Crippen molar-refractivity contribution in [1.82, 2.24) is 5.32 Å². The van der Waals surface area contributed by atoms with Gasteiger partial charge in [0.25, 0.3) is 0 Å². The molecule has 1 amide bonds. The zero-order chi connectivity index (χ0) is 15.1. The number of hydrogen-bond acceptors (Lipinski definition) is 4. The van der Waals surface area contributed by atoms with Gasteiger partial charge in [0.1, 0.15) is 0 Å². The van der Waals surface area contributed by atoms with E-state index in [-0.39, 0.29) is 23.8 Å². The lowest BCUT2D eigenvalue weighted by atomic mass is 10.0. The van der Waals surface area contributed by atoms with E-state index in [1.807, 2.05) is 0 Å². The summed E-state index contributed by atoms with van der Waals surface area (Å²) in [7, 11) is 0. The number of benzene rings is 1. The van der Waals surface area contributed by atoms with Crippen LogP contribution in [0.4, 0.5) is 0 Å². The summed E-state index contributed by atoms with van der Waals surface area (Å²) in [6, 6.07) is 6.79. The molecule has 0 radical (unpaired) electrons. The van der Waals surface area contributed by atoms with Gasteiger partial charge in [-0.3, -0.25) is 4.79 Å². The van der Waals surface area contributed by atoms with Crippen LogP contribution >= 0.6 is 0 Å². The van der Waals surface area contributed by atoms with Crippen LogP contribution in [0.25, 0.3) is 0 Å². The number of ether oxygens (including phenoxy) is 1. The molecule has 0 spiro atoms. The van der Waals surface area contributed by atoms with E-state index >= 15 is 0 Å². The second kappa shape index (κ2) is 7.65. The predicted molar refractivity (Wildman–Crippen MR) is 77.1 cm³/mol. The Kier molecular flexibility index (Phi) is 6.18. The summed E-state index contributed by atoms with van der Waals surface area (Å²) >= 11 is 0. The minimum Gasteiger partial charge on any atom is -0.462 e. The molecule has 0 saturated heterocycles. The average molecular weight is 278 g/mol. The maximum Gasteiger partial charge on any atom is 0.338 e. The van der Waals surface area contributed by atoms with E-state index in [4.69, 9.17) is 10.5 Å². The van der Waals surface area contributed by atoms with Gasteiger partial charge in [-0.05, 0) is 31.5 Å². The molecule has 3 N–H and O–H groups in total. The Morgan fingerprint density at radius 3 is 2.35 bits per heavy atom. The third-order valence-electron chi connectivity index (χ3n) is 3.13. The van der Waals surface area contributed by atoms with Crippen LogP contribution in [-0.2, 0) is 16.1 Å². The van der Waals surface area contributed by atoms with E-state index in [0.29, 0.717) is 18.7 Å². The summed E-state index contributed by atoms with van der Waals surface area (Å²) in [5.41, 5.74) is 7.10. The third kappa shape index (κ3) is 4.66. The van der Waals surface area contributed by atoms with Gasteiger partial charge in [0.05, 0.1) is 12.2 Å². The van der Waals surface area contributed by atoms with Crippen molar-refractivity contribution < 1.29 is 14.3 Å². The van der Waals surface area contributed by atoms with E-state index in [0.717, 1.165) is 5.56 Å². The van der Waals surface area contributed by atoms with Gasteiger partial charge in [-0.2, -0.15) is 0 Å². The highest BCUT2D eigenvalue weighted by molar-refractivity contribution is 5.89. The molecule has 0 heterocycles. The van der Waals surface area contributed by atoms with Crippen LogP contribution in [0.15, 0.2) is 24.3 Å². The van der Waals surface area contributed by atoms with Gasteiger partial charge < -0.3 is 15.8 Å². The van der Waals surface area contributed by atoms with Crippen molar-refractivity contribution in [3.63, 3.8) is 0 Å². The maximum absolute atomic E-state index is 11.8. The number of amides is 1. The molecule has 2 unspecified atom stereocenters. The Bertz CT molecular complexity index is 455. The molecule has 1 rings (SSSR count). The monoisotopic (exact) mass is 278 g/mol. The van der Waals surface area contributed by atoms with E-state index in [9.17, 15) is 9.59 Å². The number of hydrogen-bond donors (Lipinski definition) is 2. The van der Waals surface area contributed by atoms with Crippen LogP contribution in [0.2, 0.25) is 0 Å². The fraction of sp³-hybridized carbons (Fsp3) is 0.467. The first-order valence-electron chi connectivity index (χ1n) is 6.75. The Balaban J connectivity index is 2.54. The molecule has 0 aromatic heterocycles. The molecule has 110 valence electrons. The molecule has 5 heteroatoms. The molecular weight excluding hydrogens is 256 g/mol. The minimum atomic E-state index is -0.339. The summed E-state index contributed by atoms with van der Waals surface area (Å²) in [5, 5.41) is 2.82. The number of carbonyl (C=O) groups excluding carboxylic acids is 2. The quantitative estimate of drug-likeness (QED) is 0.772. The van der Waals surface area contributed by atoms with Crippen LogP contribution in [0.1, 0.15) is 36.7 Å². The van der Waals surface area contributed by atoms with Crippen molar-refractivity contribution in [2.45, 2.75) is 33.4 Å². The van der Waals surface area contributed by atoms with E-state index < -0.39 is 0 Å². The van der Waals surface area contributed by atoms with Gasteiger partial charge in [-0.25, -0.2) is 4.79 Å². The zero-order valence-electron chi connectivity index (χ0n) is 12.2. The normalized spacial score (nSPS) is 13.4. The molecular formula is C15H22N2O3. The SMILES string of the molecule is CCOC(=O)c1ccc(CNC(=O)C(C)C(C)N)cc1. The Morgan fingerprint density at radius 1 is 1.25 bits per heavy atom. The van der Waals surface area contributed by atoms with Crippen LogP contribution < -0.4 is 11.1 Å². The van der Waals surface area contributed by atoms with E-state index in [1.54, 1.807) is 45.0 Å². The molecule has 0 saturated carbocycles. The third-order valence-corrected chi connectivity index (χ3v) is 3.13. The summed E-state index contributed by atoms with van der Waals surface area (Å²) in [6.07, 6.45) is 0. The number of nitrogens with one attached hydrogen (secondary N) is 1. The topological polar surface area (TPSA) is 81.4 Å². The summed E-state index contributed by atoms with van der Waals surface area (Å²) in [5.74, 6) is -0.642. The van der Waals surface area contributed by atoms with Crippen molar-refractivity contribution in [3.05, 3.63) is 35.4 Å². The zero-order valence-corrected chi connectivity index (χ0v) is 12.2. The van der Waals surface area contributed by atoms with E-state index in [1.165, 1.54) is 0 Å². The molecule has 20 heavy (non-hydrogen) atoms. The number of rotatable bonds is 6. The van der Waals surface area contributed by atoms with Gasteiger partial charge in [0, 0.05) is 18.5 Å². The van der Waals surface area contributed by atoms with Crippen molar-refractivity contribution in [1.29, 1.82) is 0 Å². The van der Waals surface area contributed by atoms with Crippen LogP contribution in [0.3, 0.4) is 0 Å². The van der Waals surface area contributed by atoms with Gasteiger partial charge in [0.15, 0.2) is 0 Å². The smallest absolute Gasteiger partial charge is 0.338 e. The highest BCUT2D eigenvalue weighted by Crippen LogP contribution is 2.07. The number of esters is 1. The summed E-state index contributed by atoms with van der Waals surface area (Å²) in [6.45, 7) is 6.13. The summed E-state index contributed by atoms with van der Waals surface area (Å²) in [4.78, 5) is 23.2. The van der Waals surface area contributed by atoms with Crippen LogP contribution in [0.5, 0.6) is 0 Å². The molecule has 0 aliphatic heterocycles. The Hall–Kier alpha value is -1.88. The second-order valence-corrected chi connectivity index (χ2v) is 4.78. The van der Waals surface area contributed by atoms with E-state index in [2.05, 4.69) is 5.32 Å². The highest BCUT2D eigenvalue weighted by atomic mass is 16.5. The minimum absolute atomic E-state index is 0.0746. The summed E-state index contributed by atoms with van der Waals surface area (Å²) < 4.78 is 4.90. The first-order chi connectivity index (χ1) is 9.45. The van der Waals surface area contributed by atoms with Crippen molar-refractivity contribution in [3.8, 4) is 0 Å². The molecule has 1 aromatic carbocycles. The van der Waals surface area contributed by atoms with Crippen LogP contribution in [-0.4, -0.2) is 24.5 Å². The number of carbonyl (C=O) groups is 2. The predicted octanol–water partition coefficient (Wildman–Crippen LogP) is 1.46. The van der Waals surface area contributed by atoms with Crippen molar-refractivity contribution in [2.75, 3.05) is 6.61 Å². The maximum atomic E-state index is 11.8. The lowest BCUT2D eigenvalue weighted by Gasteiger charge is -2.15. The highest BCUT2D eigenvalue weighted by Gasteiger charge is 2.16. The van der Waals surface area contributed by atoms with Gasteiger partial charge in [-0.1, -0.05) is 19.1 Å². The fourth-order valence-corrected chi connectivity index (χ4v) is 1.56. The van der Waals surface area contributed by atoms with Crippen molar-refractivity contribution >= 4 is 11.9 Å². The molecule has 1 aromatic rings. The average Bonchev–Trinajstić information content (AvgIpc) is 2.44. The van der Waals surface area contributed by atoms with Gasteiger partial charge >= 0.3 is 5.97 Å². The first-order valence-corrected chi connectivity index (χ1v) is 6.75. The van der Waals surface area contributed by atoms with Crippen LogP contribution in [0, 0.1) is 5.92 Å². The molecule has 0 bridgehead atoms. The molecule has 5 nitrogen and oxygen atoms in total. The van der Waals surface area contributed by atoms with Crippen molar-refractivity contribution in [2.24, 2.45) is 11.7 Å². The van der Waals surface area contributed by atoms with Gasteiger partial charge in [-0.15, -0.1) is 0 Å². The lowest BCUT2D eigenvalue weighted by molar-refractivity contribution is -0.125. The molecule has 0 aliphatic rings. The number of nitrogens with two attached hydrogens (primary N) is 1. The largest absolute Gasteiger partial charge is 0.462 e. The lowest BCUT2D eigenvalue weighted by Crippen LogP contribution is -2.38. The molecule has 2 atom stereocenters. The second-order valence-electron chi connectivity index (χ2n) is 4.78. The first kappa shape index (κ1) is 16.2.